The third kappa shape index (κ3) is 6.46. The quantitative estimate of drug-likeness (QED) is 0.655. The van der Waals surface area contributed by atoms with E-state index in [0.29, 0.717) is 5.03 Å². The Balaban J connectivity index is 3.16. The molecule has 0 aliphatic rings. The first-order valence-corrected chi connectivity index (χ1v) is 4.87. The Morgan fingerprint density at radius 1 is 1.70 bits per heavy atom. The van der Waals surface area contributed by atoms with Gasteiger partial charge in [-0.1, -0.05) is 24.6 Å². The van der Waals surface area contributed by atoms with E-state index in [1.165, 1.54) is 6.42 Å². The minimum atomic E-state index is -0.0335. The Hall–Kier alpha value is 0.340. The van der Waals surface area contributed by atoms with Gasteiger partial charge in [-0.25, -0.2) is 0 Å². The maximum Gasteiger partial charge on any atom is 0.0785 e. The van der Waals surface area contributed by atoms with Crippen LogP contribution >= 0.6 is 23.4 Å². The van der Waals surface area contributed by atoms with Crippen molar-refractivity contribution in [2.24, 2.45) is 0 Å². The summed E-state index contributed by atoms with van der Waals surface area (Å²) in [6, 6.07) is 0. The first-order chi connectivity index (χ1) is 4.81. The lowest BCUT2D eigenvalue weighted by atomic mass is 10.5. The summed E-state index contributed by atoms with van der Waals surface area (Å²) in [6.45, 7) is 2.11. The van der Waals surface area contributed by atoms with Crippen molar-refractivity contribution in [1.29, 1.82) is 0 Å². The molecule has 0 radical (unpaired) electrons. The Labute approximate surface area is 71.5 Å². The van der Waals surface area contributed by atoms with Crippen molar-refractivity contribution < 1.29 is 5.11 Å². The molecule has 0 saturated carbocycles. The highest BCUT2D eigenvalue weighted by Gasteiger charge is 1.87. The van der Waals surface area contributed by atoms with Crippen LogP contribution in [-0.4, -0.2) is 23.2 Å². The van der Waals surface area contributed by atoms with Crippen molar-refractivity contribution in [2.45, 2.75) is 13.3 Å². The van der Waals surface area contributed by atoms with Crippen LogP contribution in [0.3, 0.4) is 0 Å². The lowest BCUT2D eigenvalue weighted by molar-refractivity contribution is 0.338. The first-order valence-electron chi connectivity index (χ1n) is 3.34. The van der Waals surface area contributed by atoms with E-state index in [2.05, 4.69) is 6.92 Å². The summed E-state index contributed by atoms with van der Waals surface area (Å²) in [5.41, 5.74) is 0. The van der Waals surface area contributed by atoms with Gasteiger partial charge in [-0.2, -0.15) is 11.8 Å². The highest BCUT2D eigenvalue weighted by atomic mass is 35.5. The summed E-state index contributed by atoms with van der Waals surface area (Å²) < 4.78 is 0. The molecule has 1 N–H and O–H groups in total. The van der Waals surface area contributed by atoms with Crippen molar-refractivity contribution in [1.82, 2.24) is 0 Å². The molecule has 0 atom stereocenters. The van der Waals surface area contributed by atoms with Gasteiger partial charge in [0.15, 0.2) is 0 Å². The van der Waals surface area contributed by atoms with Crippen LogP contribution < -0.4 is 0 Å². The van der Waals surface area contributed by atoms with Crippen LogP contribution in [0.2, 0.25) is 0 Å². The molecule has 0 fully saturated rings. The lowest BCUT2D eigenvalue weighted by Gasteiger charge is -1.93. The van der Waals surface area contributed by atoms with E-state index in [4.69, 9.17) is 16.7 Å². The van der Waals surface area contributed by atoms with Crippen molar-refractivity contribution in [3.63, 3.8) is 0 Å². The molecule has 0 aromatic rings. The summed E-state index contributed by atoms with van der Waals surface area (Å²) in [5, 5.41) is 9.03. The monoisotopic (exact) mass is 180 g/mol. The molecule has 0 saturated heterocycles. The average Bonchev–Trinajstić information content (AvgIpc) is 1.98. The SMILES string of the molecule is CCCSC/C=C(/Cl)CO. The largest absolute Gasteiger partial charge is 0.391 e. The van der Waals surface area contributed by atoms with Crippen LogP contribution in [0.5, 0.6) is 0 Å². The molecule has 0 heterocycles. The minimum absolute atomic E-state index is 0.0335. The molecule has 0 bridgehead atoms. The van der Waals surface area contributed by atoms with Crippen LogP contribution in [0.4, 0.5) is 0 Å². The molecule has 0 aromatic carbocycles. The van der Waals surface area contributed by atoms with Gasteiger partial charge in [0.05, 0.1) is 6.61 Å². The van der Waals surface area contributed by atoms with Gasteiger partial charge < -0.3 is 5.11 Å². The Bertz CT molecular complexity index is 104. The van der Waals surface area contributed by atoms with E-state index in [1.54, 1.807) is 0 Å². The summed E-state index contributed by atoms with van der Waals surface area (Å²) in [4.78, 5) is 0. The first kappa shape index (κ1) is 10.3. The second kappa shape index (κ2) is 7.45. The van der Waals surface area contributed by atoms with E-state index in [0.717, 1.165) is 11.5 Å². The number of hydrogen-bond acceptors (Lipinski definition) is 2. The van der Waals surface area contributed by atoms with Crippen LogP contribution in [0.25, 0.3) is 0 Å². The van der Waals surface area contributed by atoms with Gasteiger partial charge >= 0.3 is 0 Å². The number of halogens is 1. The van der Waals surface area contributed by atoms with Crippen molar-refractivity contribution >= 4 is 23.4 Å². The highest BCUT2D eigenvalue weighted by Crippen LogP contribution is 2.06. The van der Waals surface area contributed by atoms with Gasteiger partial charge in [0.25, 0.3) is 0 Å². The van der Waals surface area contributed by atoms with Gasteiger partial charge in [-0.15, -0.1) is 0 Å². The van der Waals surface area contributed by atoms with Crippen molar-refractivity contribution in [3.8, 4) is 0 Å². The second-order valence-electron chi connectivity index (χ2n) is 1.88. The molecule has 3 heteroatoms. The molecule has 0 aliphatic heterocycles. The fourth-order valence-corrected chi connectivity index (χ4v) is 1.38. The van der Waals surface area contributed by atoms with E-state index >= 15 is 0 Å². The Kier molecular flexibility index (Phi) is 7.70. The predicted octanol–water partition coefficient (Wildman–Crippen LogP) is 2.24. The van der Waals surface area contributed by atoms with Gasteiger partial charge in [-0.3, -0.25) is 0 Å². The average molecular weight is 181 g/mol. The summed E-state index contributed by atoms with van der Waals surface area (Å²) in [5.74, 6) is 2.07. The van der Waals surface area contributed by atoms with Crippen LogP contribution in [0.1, 0.15) is 13.3 Å². The molecule has 0 rings (SSSR count). The molecular weight excluding hydrogens is 168 g/mol. The van der Waals surface area contributed by atoms with Crippen molar-refractivity contribution in [3.05, 3.63) is 11.1 Å². The summed E-state index contributed by atoms with van der Waals surface area (Å²) in [6.07, 6.45) is 3.04. The van der Waals surface area contributed by atoms with Crippen LogP contribution in [0.15, 0.2) is 11.1 Å². The fraction of sp³-hybridized carbons (Fsp3) is 0.714. The van der Waals surface area contributed by atoms with Gasteiger partial charge in [0.1, 0.15) is 0 Å². The number of thioether (sulfide) groups is 1. The van der Waals surface area contributed by atoms with E-state index < -0.39 is 0 Å². The van der Waals surface area contributed by atoms with Gasteiger partial charge in [0.2, 0.25) is 0 Å². The zero-order valence-electron chi connectivity index (χ0n) is 6.14. The molecule has 60 valence electrons. The normalized spacial score (nSPS) is 12.1. The third-order valence-corrected chi connectivity index (χ3v) is 2.30. The molecule has 0 aromatic heterocycles. The number of hydrogen-bond donors (Lipinski definition) is 1. The maximum absolute atomic E-state index is 8.48. The van der Waals surface area contributed by atoms with E-state index in [9.17, 15) is 0 Å². The lowest BCUT2D eigenvalue weighted by Crippen LogP contribution is -1.83. The van der Waals surface area contributed by atoms with Crippen LogP contribution in [0, 0.1) is 0 Å². The van der Waals surface area contributed by atoms with Gasteiger partial charge in [0, 0.05) is 10.8 Å². The number of aliphatic hydroxyl groups is 1. The van der Waals surface area contributed by atoms with Gasteiger partial charge in [-0.05, 0) is 12.2 Å². The summed E-state index contributed by atoms with van der Waals surface area (Å²) in [7, 11) is 0. The van der Waals surface area contributed by atoms with Crippen LogP contribution in [-0.2, 0) is 0 Å². The Morgan fingerprint density at radius 2 is 2.40 bits per heavy atom. The number of aliphatic hydroxyl groups excluding tert-OH is 1. The molecule has 0 aliphatic carbocycles. The molecule has 0 unspecified atom stereocenters. The highest BCUT2D eigenvalue weighted by molar-refractivity contribution is 7.99. The Morgan fingerprint density at radius 3 is 2.90 bits per heavy atom. The molecular formula is C7H13ClOS. The topological polar surface area (TPSA) is 20.2 Å². The van der Waals surface area contributed by atoms with Crippen molar-refractivity contribution in [2.75, 3.05) is 18.1 Å². The second-order valence-corrected chi connectivity index (χ2v) is 3.52. The minimum Gasteiger partial charge on any atom is -0.391 e. The molecule has 10 heavy (non-hydrogen) atoms. The summed E-state index contributed by atoms with van der Waals surface area (Å²) >= 11 is 7.37. The third-order valence-electron chi connectivity index (χ3n) is 0.922. The molecule has 0 spiro atoms. The van der Waals surface area contributed by atoms with E-state index in [1.807, 2.05) is 17.8 Å². The fourth-order valence-electron chi connectivity index (χ4n) is 0.442. The maximum atomic E-state index is 8.48. The standard InChI is InChI=1S/C7H13ClOS/c1-2-4-10-5-3-7(8)6-9/h3,9H,2,4-6H2,1H3/b7-3+. The zero-order valence-corrected chi connectivity index (χ0v) is 7.71. The zero-order chi connectivity index (χ0) is 7.82. The molecule has 0 amide bonds. The number of rotatable bonds is 5. The smallest absolute Gasteiger partial charge is 0.0785 e. The predicted molar refractivity (Wildman–Crippen MR) is 48.6 cm³/mol. The molecule has 1 nitrogen and oxygen atoms in total. The van der Waals surface area contributed by atoms with E-state index in [-0.39, 0.29) is 6.61 Å².